The van der Waals surface area contributed by atoms with Gasteiger partial charge in [-0.25, -0.2) is 0 Å². The first-order valence-electron chi connectivity index (χ1n) is 11.1. The number of ether oxygens (including phenoxy) is 1. The van der Waals surface area contributed by atoms with Crippen LogP contribution in [-0.4, -0.2) is 52.6 Å². The summed E-state index contributed by atoms with van der Waals surface area (Å²) in [4.78, 5) is 11.6. The van der Waals surface area contributed by atoms with Crippen molar-refractivity contribution in [3.8, 4) is 0 Å². The molecule has 0 bridgehead atoms. The van der Waals surface area contributed by atoms with Gasteiger partial charge in [0.25, 0.3) is 0 Å². The zero-order chi connectivity index (χ0) is 22.7. The van der Waals surface area contributed by atoms with Crippen molar-refractivity contribution in [3.63, 3.8) is 0 Å². The van der Waals surface area contributed by atoms with Crippen molar-refractivity contribution >= 4 is 22.6 Å². The summed E-state index contributed by atoms with van der Waals surface area (Å²) in [6, 6.07) is 0. The Hall–Kier alpha value is -0.216. The van der Waals surface area contributed by atoms with Crippen molar-refractivity contribution in [1.29, 1.82) is 0 Å². The van der Waals surface area contributed by atoms with E-state index in [1.165, 1.54) is 0 Å². The second-order valence-electron chi connectivity index (χ2n) is 11.6. The number of aliphatic hydroxyl groups is 1. The van der Waals surface area contributed by atoms with Crippen LogP contribution in [0, 0.1) is 0 Å². The summed E-state index contributed by atoms with van der Waals surface area (Å²) in [5.41, 5.74) is 0. The first-order valence-corrected chi connectivity index (χ1v) is 17.0. The molecule has 1 fully saturated rings. The van der Waals surface area contributed by atoms with Crippen LogP contribution in [0.5, 0.6) is 0 Å². The number of rotatable bonds is 10. The van der Waals surface area contributed by atoms with Crippen LogP contribution in [0.15, 0.2) is 0 Å². The molecule has 5 nitrogen and oxygen atoms in total. The SMILES string of the molecule is CC(C)(C)[Si](C)(C)O[C@H](CCO)C[C@H](C[C@@H]1CCC(=O)O1)O[Si](C)(C)C(C)(C)C. The molecule has 0 aromatic carbocycles. The quantitative estimate of drug-likeness (QED) is 0.348. The normalized spacial score (nSPS) is 21.2. The predicted octanol–water partition coefficient (Wildman–Crippen LogP) is 5.64. The van der Waals surface area contributed by atoms with E-state index in [9.17, 15) is 9.90 Å². The zero-order valence-corrected chi connectivity index (χ0v) is 22.6. The number of hydrogen-bond donors (Lipinski definition) is 1. The molecule has 0 aromatic heterocycles. The molecule has 7 heteroatoms. The van der Waals surface area contributed by atoms with E-state index in [0.717, 1.165) is 12.8 Å². The van der Waals surface area contributed by atoms with E-state index in [1.54, 1.807) is 0 Å². The van der Waals surface area contributed by atoms with Gasteiger partial charge in [-0.15, -0.1) is 0 Å². The van der Waals surface area contributed by atoms with Crippen molar-refractivity contribution in [1.82, 2.24) is 0 Å². The smallest absolute Gasteiger partial charge is 0.306 e. The van der Waals surface area contributed by atoms with E-state index < -0.39 is 16.6 Å². The Morgan fingerprint density at radius 3 is 1.86 bits per heavy atom. The second-order valence-corrected chi connectivity index (χ2v) is 21.1. The van der Waals surface area contributed by atoms with Crippen LogP contribution in [-0.2, 0) is 18.4 Å². The minimum Gasteiger partial charge on any atom is -0.462 e. The molecule has 0 aromatic rings. The lowest BCUT2D eigenvalue weighted by molar-refractivity contribution is -0.142. The van der Waals surface area contributed by atoms with Crippen molar-refractivity contribution in [2.75, 3.05) is 6.61 Å². The van der Waals surface area contributed by atoms with Crippen LogP contribution in [0.3, 0.4) is 0 Å². The highest BCUT2D eigenvalue weighted by molar-refractivity contribution is 6.74. The first kappa shape index (κ1) is 26.8. The maximum Gasteiger partial charge on any atom is 0.306 e. The summed E-state index contributed by atoms with van der Waals surface area (Å²) in [7, 11) is -3.95. The Labute approximate surface area is 181 Å². The highest BCUT2D eigenvalue weighted by Gasteiger charge is 2.43. The van der Waals surface area contributed by atoms with Crippen molar-refractivity contribution < 1.29 is 23.5 Å². The first-order chi connectivity index (χ1) is 13.0. The minimum absolute atomic E-state index is 0.0342. The summed E-state index contributed by atoms with van der Waals surface area (Å²) >= 11 is 0. The molecule has 0 amide bonds. The Bertz CT molecular complexity index is 534. The van der Waals surface area contributed by atoms with E-state index in [2.05, 4.69) is 67.7 Å². The molecule has 0 unspecified atom stereocenters. The lowest BCUT2D eigenvalue weighted by Gasteiger charge is -2.43. The van der Waals surface area contributed by atoms with Crippen LogP contribution >= 0.6 is 0 Å². The van der Waals surface area contributed by atoms with Crippen molar-refractivity contribution in [2.24, 2.45) is 0 Å². The van der Waals surface area contributed by atoms with Crippen molar-refractivity contribution in [2.45, 2.75) is 128 Å². The van der Waals surface area contributed by atoms with E-state index >= 15 is 0 Å². The molecule has 29 heavy (non-hydrogen) atoms. The fraction of sp³-hybridized carbons (Fsp3) is 0.955. The Kier molecular flexibility index (Phi) is 9.19. The average molecular weight is 447 g/mol. The summed E-state index contributed by atoms with van der Waals surface area (Å²) in [6.45, 7) is 22.5. The molecule has 1 aliphatic heterocycles. The van der Waals surface area contributed by atoms with Crippen LogP contribution in [0.1, 0.15) is 73.6 Å². The fourth-order valence-corrected chi connectivity index (χ4v) is 5.86. The predicted molar refractivity (Wildman–Crippen MR) is 124 cm³/mol. The molecule has 172 valence electrons. The standard InChI is InChI=1S/C22H46O5Si2/c1-21(2,3)28(7,8)26-18(13-14-23)16-19(15-17-11-12-20(24)25-17)27-29(9,10)22(4,5)6/h17-19,23H,11-16H2,1-10H3/t17-,18+,19-/m0/s1. The third-order valence-corrected chi connectivity index (χ3v) is 16.1. The second kappa shape index (κ2) is 9.94. The molecule has 1 saturated heterocycles. The number of hydrogen-bond acceptors (Lipinski definition) is 5. The topological polar surface area (TPSA) is 65.0 Å². The third-order valence-electron chi connectivity index (χ3n) is 7.01. The largest absolute Gasteiger partial charge is 0.462 e. The van der Waals surface area contributed by atoms with Crippen LogP contribution in [0.2, 0.25) is 36.3 Å². The number of aliphatic hydroxyl groups excluding tert-OH is 1. The summed E-state index contributed by atoms with van der Waals surface area (Å²) < 4.78 is 18.9. The van der Waals surface area contributed by atoms with E-state index in [1.807, 2.05) is 0 Å². The zero-order valence-electron chi connectivity index (χ0n) is 20.6. The molecule has 1 aliphatic rings. The average Bonchev–Trinajstić information content (AvgIpc) is 2.89. The van der Waals surface area contributed by atoms with Gasteiger partial charge in [0.05, 0.1) is 6.10 Å². The molecule has 0 aliphatic carbocycles. The van der Waals surface area contributed by atoms with Gasteiger partial charge in [0.15, 0.2) is 16.6 Å². The maximum atomic E-state index is 11.6. The van der Waals surface area contributed by atoms with Gasteiger partial charge < -0.3 is 18.7 Å². The van der Waals surface area contributed by atoms with Gasteiger partial charge in [0.1, 0.15) is 6.10 Å². The summed E-state index contributed by atoms with van der Waals surface area (Å²) in [5.74, 6) is -0.106. The summed E-state index contributed by atoms with van der Waals surface area (Å²) in [5, 5.41) is 9.87. The van der Waals surface area contributed by atoms with Crippen LogP contribution in [0.25, 0.3) is 0 Å². The van der Waals surface area contributed by atoms with Crippen molar-refractivity contribution in [3.05, 3.63) is 0 Å². The minimum atomic E-state index is -1.99. The van der Waals surface area contributed by atoms with Crippen LogP contribution < -0.4 is 0 Å². The fourth-order valence-electron chi connectivity index (χ4n) is 3.08. The molecular formula is C22H46O5Si2. The van der Waals surface area contributed by atoms with E-state index in [0.29, 0.717) is 19.3 Å². The van der Waals surface area contributed by atoms with Crippen LogP contribution in [0.4, 0.5) is 0 Å². The number of cyclic esters (lactones) is 1. The van der Waals surface area contributed by atoms with Gasteiger partial charge in [0, 0.05) is 25.6 Å². The molecular weight excluding hydrogens is 400 g/mol. The molecule has 0 radical (unpaired) electrons. The molecule has 1 rings (SSSR count). The number of esters is 1. The highest BCUT2D eigenvalue weighted by atomic mass is 28.4. The number of carbonyl (C=O) groups is 1. The van der Waals surface area contributed by atoms with E-state index in [-0.39, 0.29) is 41.0 Å². The Balaban J connectivity index is 3.00. The number of carbonyl (C=O) groups excluding carboxylic acids is 1. The van der Waals surface area contributed by atoms with Gasteiger partial charge in [-0.05, 0) is 55.5 Å². The van der Waals surface area contributed by atoms with Gasteiger partial charge in [-0.2, -0.15) is 0 Å². The van der Waals surface area contributed by atoms with Gasteiger partial charge in [-0.1, -0.05) is 41.5 Å². The third kappa shape index (κ3) is 8.09. The maximum absolute atomic E-state index is 11.6. The Morgan fingerprint density at radius 1 is 1.00 bits per heavy atom. The lowest BCUT2D eigenvalue weighted by Crippen LogP contribution is -2.48. The summed E-state index contributed by atoms with van der Waals surface area (Å²) in [6.07, 6.45) is 3.16. The Morgan fingerprint density at radius 2 is 1.48 bits per heavy atom. The molecule has 3 atom stereocenters. The lowest BCUT2D eigenvalue weighted by atomic mass is 10.0. The molecule has 1 heterocycles. The van der Waals surface area contributed by atoms with E-state index in [4.69, 9.17) is 13.6 Å². The highest BCUT2D eigenvalue weighted by Crippen LogP contribution is 2.41. The molecule has 0 saturated carbocycles. The van der Waals surface area contributed by atoms with Gasteiger partial charge >= 0.3 is 5.97 Å². The van der Waals surface area contributed by atoms with Gasteiger partial charge in [-0.3, -0.25) is 4.79 Å². The molecule has 1 N–H and O–H groups in total. The molecule has 0 spiro atoms. The monoisotopic (exact) mass is 446 g/mol. The van der Waals surface area contributed by atoms with Gasteiger partial charge in [0.2, 0.25) is 0 Å².